The van der Waals surface area contributed by atoms with Gasteiger partial charge in [0.25, 0.3) is 0 Å². The second-order valence-electron chi connectivity index (χ2n) is 5.49. The van der Waals surface area contributed by atoms with Crippen molar-refractivity contribution < 1.29 is 9.13 Å². The average Bonchev–Trinajstić information content (AvgIpc) is 2.62. The van der Waals surface area contributed by atoms with Gasteiger partial charge in [0.05, 0.1) is 0 Å². The predicted octanol–water partition coefficient (Wildman–Crippen LogP) is 6.43. The molecule has 0 heterocycles. The Morgan fingerprint density at radius 2 is 1.72 bits per heavy atom. The fourth-order valence-corrected chi connectivity index (χ4v) is 2.90. The minimum atomic E-state index is -0.263. The molecule has 0 aliphatic rings. The summed E-state index contributed by atoms with van der Waals surface area (Å²) in [5.41, 5.74) is 2.46. The lowest BCUT2D eigenvalue weighted by molar-refractivity contribution is 0.297. The molecule has 3 aromatic carbocycles. The van der Waals surface area contributed by atoms with Crippen molar-refractivity contribution in [1.29, 1.82) is 0 Å². The number of hydrogen-bond donors (Lipinski definition) is 1. The number of benzene rings is 3. The summed E-state index contributed by atoms with van der Waals surface area (Å²) in [7, 11) is 0. The van der Waals surface area contributed by atoms with E-state index in [-0.39, 0.29) is 12.4 Å². The van der Waals surface area contributed by atoms with E-state index in [1.807, 2.05) is 42.5 Å². The van der Waals surface area contributed by atoms with Gasteiger partial charge in [-0.25, -0.2) is 4.39 Å². The summed E-state index contributed by atoms with van der Waals surface area (Å²) in [5.74, 6) is 0.452. The summed E-state index contributed by atoms with van der Waals surface area (Å²) in [6.45, 7) is 0.760. The molecular weight excluding hydrogens is 405 g/mol. The molecule has 0 spiro atoms. The van der Waals surface area contributed by atoms with E-state index >= 15 is 0 Å². The van der Waals surface area contributed by atoms with E-state index < -0.39 is 0 Å². The highest BCUT2D eigenvalue weighted by Gasteiger charge is 2.07. The Labute approximate surface area is 159 Å². The van der Waals surface area contributed by atoms with Crippen LogP contribution in [0.25, 0.3) is 0 Å². The van der Waals surface area contributed by atoms with Gasteiger partial charge in [0.15, 0.2) is 0 Å². The summed E-state index contributed by atoms with van der Waals surface area (Å²) in [4.78, 5) is 0. The number of hydrogen-bond acceptors (Lipinski definition) is 2. The molecular formula is C20H16BrClFNO. The third kappa shape index (κ3) is 4.97. The molecule has 0 aliphatic carbocycles. The lowest BCUT2D eigenvalue weighted by atomic mass is 10.2. The Balaban J connectivity index is 1.71. The van der Waals surface area contributed by atoms with Crippen molar-refractivity contribution in [3.63, 3.8) is 0 Å². The zero-order chi connectivity index (χ0) is 17.6. The largest absolute Gasteiger partial charge is 0.488 e. The quantitative estimate of drug-likeness (QED) is 0.496. The van der Waals surface area contributed by atoms with Crippen molar-refractivity contribution in [1.82, 2.24) is 0 Å². The molecule has 25 heavy (non-hydrogen) atoms. The summed E-state index contributed by atoms with van der Waals surface area (Å²) >= 11 is 9.38. The van der Waals surface area contributed by atoms with Crippen LogP contribution in [-0.2, 0) is 13.2 Å². The first kappa shape index (κ1) is 17.8. The zero-order valence-corrected chi connectivity index (χ0v) is 15.6. The van der Waals surface area contributed by atoms with E-state index in [0.29, 0.717) is 22.9 Å². The number of halogens is 3. The molecule has 3 rings (SSSR count). The van der Waals surface area contributed by atoms with Crippen molar-refractivity contribution in [2.24, 2.45) is 0 Å². The second kappa shape index (κ2) is 8.37. The molecule has 0 fully saturated rings. The zero-order valence-electron chi connectivity index (χ0n) is 13.3. The molecule has 5 heteroatoms. The highest BCUT2D eigenvalue weighted by molar-refractivity contribution is 9.10. The highest BCUT2D eigenvalue weighted by atomic mass is 79.9. The van der Waals surface area contributed by atoms with Crippen LogP contribution in [0.4, 0.5) is 10.1 Å². The first-order valence-corrected chi connectivity index (χ1v) is 8.93. The van der Waals surface area contributed by atoms with E-state index in [0.717, 1.165) is 15.7 Å². The van der Waals surface area contributed by atoms with Gasteiger partial charge in [0.2, 0.25) is 0 Å². The molecule has 0 radical (unpaired) electrons. The molecule has 3 aromatic rings. The van der Waals surface area contributed by atoms with Crippen molar-refractivity contribution in [3.8, 4) is 5.75 Å². The molecule has 128 valence electrons. The molecule has 1 N–H and O–H groups in total. The minimum Gasteiger partial charge on any atom is -0.488 e. The first-order chi connectivity index (χ1) is 12.1. The van der Waals surface area contributed by atoms with Gasteiger partial charge >= 0.3 is 0 Å². The summed E-state index contributed by atoms with van der Waals surface area (Å²) < 4.78 is 20.6. The van der Waals surface area contributed by atoms with Gasteiger partial charge in [-0.2, -0.15) is 0 Å². The molecule has 0 aromatic heterocycles. The maximum Gasteiger partial charge on any atom is 0.129 e. The van der Waals surface area contributed by atoms with E-state index in [1.54, 1.807) is 18.2 Å². The molecule has 0 saturated heterocycles. The lowest BCUT2D eigenvalue weighted by Gasteiger charge is -2.14. The normalized spacial score (nSPS) is 10.5. The van der Waals surface area contributed by atoms with Crippen LogP contribution >= 0.6 is 27.5 Å². The summed E-state index contributed by atoms with van der Waals surface area (Å²) in [6.07, 6.45) is 0. The SMILES string of the molecule is Fc1ccccc1COc1ccc(Br)cc1CNc1ccc(Cl)cc1. The van der Waals surface area contributed by atoms with Crippen LogP contribution in [0.3, 0.4) is 0 Å². The van der Waals surface area contributed by atoms with Gasteiger partial charge in [0, 0.05) is 32.9 Å². The van der Waals surface area contributed by atoms with Crippen molar-refractivity contribution in [2.45, 2.75) is 13.2 Å². The Hall–Kier alpha value is -2.04. The number of ether oxygens (including phenoxy) is 1. The van der Waals surface area contributed by atoms with Crippen LogP contribution < -0.4 is 10.1 Å². The van der Waals surface area contributed by atoms with Crippen LogP contribution in [0.1, 0.15) is 11.1 Å². The fraction of sp³-hybridized carbons (Fsp3) is 0.100. The van der Waals surface area contributed by atoms with E-state index in [1.165, 1.54) is 6.07 Å². The van der Waals surface area contributed by atoms with Crippen LogP contribution in [0.2, 0.25) is 5.02 Å². The van der Waals surface area contributed by atoms with Crippen molar-refractivity contribution in [2.75, 3.05) is 5.32 Å². The predicted molar refractivity (Wildman–Crippen MR) is 104 cm³/mol. The molecule has 0 aliphatic heterocycles. The number of nitrogens with one attached hydrogen (secondary N) is 1. The minimum absolute atomic E-state index is 0.183. The monoisotopic (exact) mass is 419 g/mol. The van der Waals surface area contributed by atoms with Gasteiger partial charge in [-0.15, -0.1) is 0 Å². The van der Waals surface area contributed by atoms with E-state index in [2.05, 4.69) is 21.2 Å². The van der Waals surface area contributed by atoms with Gasteiger partial charge in [0.1, 0.15) is 18.2 Å². The molecule has 0 unspecified atom stereocenters. The Morgan fingerprint density at radius 3 is 2.48 bits per heavy atom. The van der Waals surface area contributed by atoms with E-state index in [9.17, 15) is 4.39 Å². The third-order valence-corrected chi connectivity index (χ3v) is 4.44. The lowest BCUT2D eigenvalue weighted by Crippen LogP contribution is -2.04. The smallest absolute Gasteiger partial charge is 0.129 e. The molecule has 0 amide bonds. The van der Waals surface area contributed by atoms with Crippen LogP contribution in [0.5, 0.6) is 5.75 Å². The topological polar surface area (TPSA) is 21.3 Å². The van der Waals surface area contributed by atoms with Gasteiger partial charge in [-0.05, 0) is 48.5 Å². The van der Waals surface area contributed by atoms with Crippen LogP contribution in [0, 0.1) is 5.82 Å². The first-order valence-electron chi connectivity index (χ1n) is 7.76. The standard InChI is InChI=1S/C20H16BrClFNO/c21-16-5-10-20(25-13-14-3-1-2-4-19(14)23)15(11-16)12-24-18-8-6-17(22)7-9-18/h1-11,24H,12-13H2. The second-order valence-corrected chi connectivity index (χ2v) is 6.84. The Morgan fingerprint density at radius 1 is 0.960 bits per heavy atom. The van der Waals surface area contributed by atoms with Crippen molar-refractivity contribution in [3.05, 3.63) is 93.2 Å². The summed E-state index contributed by atoms with van der Waals surface area (Å²) in [6, 6.07) is 19.9. The van der Waals surface area contributed by atoms with Crippen molar-refractivity contribution >= 4 is 33.2 Å². The Kier molecular flexibility index (Phi) is 5.95. The van der Waals surface area contributed by atoms with Gasteiger partial charge in [-0.1, -0.05) is 45.7 Å². The molecule has 0 bridgehead atoms. The number of rotatable bonds is 6. The molecule has 0 atom stereocenters. The van der Waals surface area contributed by atoms with Gasteiger partial charge < -0.3 is 10.1 Å². The van der Waals surface area contributed by atoms with Crippen LogP contribution in [-0.4, -0.2) is 0 Å². The maximum atomic E-state index is 13.7. The molecule has 0 saturated carbocycles. The Bertz CT molecular complexity index is 855. The number of anilines is 1. The van der Waals surface area contributed by atoms with Gasteiger partial charge in [-0.3, -0.25) is 0 Å². The highest BCUT2D eigenvalue weighted by Crippen LogP contribution is 2.26. The average molecular weight is 421 g/mol. The van der Waals surface area contributed by atoms with E-state index in [4.69, 9.17) is 16.3 Å². The van der Waals surface area contributed by atoms with Crippen LogP contribution in [0.15, 0.2) is 71.2 Å². The third-order valence-electron chi connectivity index (χ3n) is 3.69. The summed E-state index contributed by atoms with van der Waals surface area (Å²) in [5, 5.41) is 4.03. The molecule has 2 nitrogen and oxygen atoms in total. The fourth-order valence-electron chi connectivity index (χ4n) is 2.36. The maximum absolute atomic E-state index is 13.7.